The summed E-state index contributed by atoms with van der Waals surface area (Å²) in [5.41, 5.74) is 10.1. The Morgan fingerprint density at radius 2 is 1.80 bits per heavy atom. The summed E-state index contributed by atoms with van der Waals surface area (Å²) in [6, 6.07) is 6.31. The van der Waals surface area contributed by atoms with Crippen LogP contribution >= 0.6 is 27.7 Å². The molecule has 0 saturated carbocycles. The molecule has 0 atom stereocenters. The van der Waals surface area contributed by atoms with E-state index in [1.54, 1.807) is 11.8 Å². The van der Waals surface area contributed by atoms with Gasteiger partial charge in [0.1, 0.15) is 0 Å². The standard InChI is InChI=1S/C15H18BrN3S/c1-9-10(2)18-15(19-11(9)3)20-14-5-4-12(6-7-17)8-13(14)16/h4-5,8H,6-7,17H2,1-3H3. The van der Waals surface area contributed by atoms with Crippen LogP contribution in [0.5, 0.6) is 0 Å². The molecule has 3 nitrogen and oxygen atoms in total. The average molecular weight is 352 g/mol. The van der Waals surface area contributed by atoms with Gasteiger partial charge in [-0.2, -0.15) is 0 Å². The number of benzene rings is 1. The first-order chi connectivity index (χ1) is 9.51. The Morgan fingerprint density at radius 1 is 1.15 bits per heavy atom. The van der Waals surface area contributed by atoms with Gasteiger partial charge in [0.05, 0.1) is 0 Å². The van der Waals surface area contributed by atoms with Crippen molar-refractivity contribution in [1.29, 1.82) is 0 Å². The van der Waals surface area contributed by atoms with Gasteiger partial charge in [0.2, 0.25) is 0 Å². The topological polar surface area (TPSA) is 51.8 Å². The summed E-state index contributed by atoms with van der Waals surface area (Å²) in [5, 5.41) is 0.790. The van der Waals surface area contributed by atoms with Gasteiger partial charge in [0, 0.05) is 20.8 Å². The highest BCUT2D eigenvalue weighted by Gasteiger charge is 2.09. The summed E-state index contributed by atoms with van der Waals surface area (Å²) < 4.78 is 1.06. The molecule has 0 aliphatic rings. The van der Waals surface area contributed by atoms with Crippen LogP contribution in [0.3, 0.4) is 0 Å². The zero-order chi connectivity index (χ0) is 14.7. The monoisotopic (exact) mass is 351 g/mol. The molecule has 0 aliphatic carbocycles. The van der Waals surface area contributed by atoms with E-state index in [0.29, 0.717) is 6.54 Å². The minimum Gasteiger partial charge on any atom is -0.330 e. The molecule has 0 unspecified atom stereocenters. The number of aryl methyl sites for hydroxylation is 2. The Morgan fingerprint density at radius 3 is 2.35 bits per heavy atom. The Balaban J connectivity index is 2.26. The molecule has 2 N–H and O–H groups in total. The van der Waals surface area contributed by atoms with E-state index in [1.807, 2.05) is 13.8 Å². The van der Waals surface area contributed by atoms with E-state index in [9.17, 15) is 0 Å². The van der Waals surface area contributed by atoms with Crippen LogP contribution in [0.4, 0.5) is 0 Å². The van der Waals surface area contributed by atoms with Crippen LogP contribution in [0.2, 0.25) is 0 Å². The van der Waals surface area contributed by atoms with E-state index in [-0.39, 0.29) is 0 Å². The molecule has 0 radical (unpaired) electrons. The molecular weight excluding hydrogens is 334 g/mol. The van der Waals surface area contributed by atoms with Crippen molar-refractivity contribution in [3.63, 3.8) is 0 Å². The molecule has 1 heterocycles. The average Bonchev–Trinajstić information content (AvgIpc) is 2.39. The van der Waals surface area contributed by atoms with Crippen molar-refractivity contribution in [3.05, 3.63) is 45.2 Å². The first-order valence-corrected chi connectivity index (χ1v) is 8.10. The summed E-state index contributed by atoms with van der Waals surface area (Å²) in [6.45, 7) is 6.76. The fourth-order valence-electron chi connectivity index (χ4n) is 1.83. The molecule has 1 aromatic heterocycles. The summed E-state index contributed by atoms with van der Waals surface area (Å²) >= 11 is 5.19. The van der Waals surface area contributed by atoms with Gasteiger partial charge in [-0.1, -0.05) is 6.07 Å². The maximum absolute atomic E-state index is 5.58. The summed E-state index contributed by atoms with van der Waals surface area (Å²) in [5.74, 6) is 0. The number of hydrogen-bond acceptors (Lipinski definition) is 4. The second-order valence-corrected chi connectivity index (χ2v) is 6.57. The van der Waals surface area contributed by atoms with E-state index in [1.165, 1.54) is 5.56 Å². The molecule has 2 rings (SSSR count). The van der Waals surface area contributed by atoms with Crippen LogP contribution < -0.4 is 5.73 Å². The first-order valence-electron chi connectivity index (χ1n) is 6.49. The fraction of sp³-hybridized carbons (Fsp3) is 0.333. The Kier molecular flexibility index (Phi) is 5.18. The molecule has 20 heavy (non-hydrogen) atoms. The lowest BCUT2D eigenvalue weighted by molar-refractivity contribution is 0.880. The smallest absolute Gasteiger partial charge is 0.192 e. The van der Waals surface area contributed by atoms with Crippen molar-refractivity contribution in [1.82, 2.24) is 9.97 Å². The molecular formula is C15H18BrN3S. The van der Waals surface area contributed by atoms with Crippen molar-refractivity contribution in [2.45, 2.75) is 37.2 Å². The van der Waals surface area contributed by atoms with Gasteiger partial charge in [-0.25, -0.2) is 9.97 Å². The molecule has 0 fully saturated rings. The molecule has 1 aromatic carbocycles. The normalized spacial score (nSPS) is 10.8. The largest absolute Gasteiger partial charge is 0.330 e. The van der Waals surface area contributed by atoms with Crippen LogP contribution in [0, 0.1) is 20.8 Å². The SMILES string of the molecule is Cc1nc(Sc2ccc(CCN)cc2Br)nc(C)c1C. The van der Waals surface area contributed by atoms with E-state index < -0.39 is 0 Å². The van der Waals surface area contributed by atoms with Crippen molar-refractivity contribution >= 4 is 27.7 Å². The molecule has 0 bridgehead atoms. The van der Waals surface area contributed by atoms with Gasteiger partial charge < -0.3 is 5.73 Å². The molecule has 5 heteroatoms. The second kappa shape index (κ2) is 6.70. The number of nitrogens with two attached hydrogens (primary N) is 1. The second-order valence-electron chi connectivity index (χ2n) is 4.71. The highest BCUT2D eigenvalue weighted by Crippen LogP contribution is 2.32. The maximum atomic E-state index is 5.58. The molecule has 2 aromatic rings. The van der Waals surface area contributed by atoms with Gasteiger partial charge in [-0.05, 0) is 84.7 Å². The predicted molar refractivity (Wildman–Crippen MR) is 87.3 cm³/mol. The summed E-state index contributed by atoms with van der Waals surface area (Å²) in [4.78, 5) is 10.2. The minimum absolute atomic E-state index is 0.665. The number of hydrogen-bond donors (Lipinski definition) is 1. The van der Waals surface area contributed by atoms with E-state index in [4.69, 9.17) is 5.73 Å². The molecule has 106 valence electrons. The summed E-state index contributed by atoms with van der Waals surface area (Å²) in [7, 11) is 0. The number of nitrogens with zero attached hydrogens (tertiary/aromatic N) is 2. The Hall–Kier alpha value is -0.910. The third kappa shape index (κ3) is 3.59. The number of aromatic nitrogens is 2. The van der Waals surface area contributed by atoms with Crippen LogP contribution in [-0.4, -0.2) is 16.5 Å². The highest BCUT2D eigenvalue weighted by molar-refractivity contribution is 9.10. The Labute approximate surface area is 132 Å². The quantitative estimate of drug-likeness (QED) is 0.850. The zero-order valence-electron chi connectivity index (χ0n) is 11.9. The van der Waals surface area contributed by atoms with Gasteiger partial charge in [-0.15, -0.1) is 0 Å². The van der Waals surface area contributed by atoms with Gasteiger partial charge in [0.25, 0.3) is 0 Å². The van der Waals surface area contributed by atoms with Crippen molar-refractivity contribution in [2.75, 3.05) is 6.54 Å². The number of rotatable bonds is 4. The third-order valence-electron chi connectivity index (χ3n) is 3.24. The van der Waals surface area contributed by atoms with Crippen molar-refractivity contribution in [3.8, 4) is 0 Å². The van der Waals surface area contributed by atoms with Gasteiger partial charge in [-0.3, -0.25) is 0 Å². The predicted octanol–water partition coefficient (Wildman–Crippen LogP) is 3.82. The van der Waals surface area contributed by atoms with Crippen molar-refractivity contribution in [2.24, 2.45) is 5.73 Å². The summed E-state index contributed by atoms with van der Waals surface area (Å²) in [6.07, 6.45) is 0.892. The molecule has 0 amide bonds. The maximum Gasteiger partial charge on any atom is 0.192 e. The van der Waals surface area contributed by atoms with Gasteiger partial charge >= 0.3 is 0 Å². The van der Waals surface area contributed by atoms with Crippen LogP contribution in [0.1, 0.15) is 22.5 Å². The highest BCUT2D eigenvalue weighted by atomic mass is 79.9. The third-order valence-corrected chi connectivity index (χ3v) is 5.10. The first kappa shape index (κ1) is 15.5. The molecule has 0 aliphatic heterocycles. The fourth-order valence-corrected chi connectivity index (χ4v) is 3.36. The van der Waals surface area contributed by atoms with Crippen LogP contribution in [0.15, 0.2) is 32.7 Å². The Bertz CT molecular complexity index is 606. The van der Waals surface area contributed by atoms with E-state index in [0.717, 1.165) is 37.9 Å². The van der Waals surface area contributed by atoms with Crippen LogP contribution in [0.25, 0.3) is 0 Å². The molecule has 0 spiro atoms. The lowest BCUT2D eigenvalue weighted by Crippen LogP contribution is -2.02. The minimum atomic E-state index is 0.665. The van der Waals surface area contributed by atoms with E-state index in [2.05, 4.69) is 51.0 Å². The molecule has 0 saturated heterocycles. The van der Waals surface area contributed by atoms with Crippen molar-refractivity contribution < 1.29 is 0 Å². The van der Waals surface area contributed by atoms with Crippen LogP contribution in [-0.2, 0) is 6.42 Å². The van der Waals surface area contributed by atoms with Gasteiger partial charge in [0.15, 0.2) is 5.16 Å². The lowest BCUT2D eigenvalue weighted by atomic mass is 10.2. The van der Waals surface area contributed by atoms with E-state index >= 15 is 0 Å². The lowest BCUT2D eigenvalue weighted by Gasteiger charge is -2.09. The number of halogens is 1. The zero-order valence-corrected chi connectivity index (χ0v) is 14.3.